The number of phenols is 1. The highest BCUT2D eigenvalue weighted by Crippen LogP contribution is 2.58. The van der Waals surface area contributed by atoms with Gasteiger partial charge in [0.2, 0.25) is 0 Å². The van der Waals surface area contributed by atoms with Crippen LogP contribution in [-0.2, 0) is 16.6 Å². The lowest BCUT2D eigenvalue weighted by Gasteiger charge is -2.63. The first-order chi connectivity index (χ1) is 11.5. The normalized spacial score (nSPS) is 38.5. The largest absolute Gasteiger partial charge is 0.508 e. The summed E-state index contributed by atoms with van der Waals surface area (Å²) < 4.78 is 0. The monoisotopic (exact) mass is 327 g/mol. The summed E-state index contributed by atoms with van der Waals surface area (Å²) in [6.45, 7) is 2.04. The van der Waals surface area contributed by atoms with Crippen LogP contribution in [0.5, 0.6) is 5.75 Å². The Bertz CT molecular complexity index is 713. The fourth-order valence-corrected chi connectivity index (χ4v) is 5.74. The Labute approximate surface area is 142 Å². The maximum atomic E-state index is 12.3. The summed E-state index contributed by atoms with van der Waals surface area (Å²) in [4.78, 5) is 14.8. The minimum Gasteiger partial charge on any atom is -0.508 e. The first-order valence-electron chi connectivity index (χ1n) is 9.32. The second-order valence-corrected chi connectivity index (χ2v) is 8.47. The van der Waals surface area contributed by atoms with E-state index in [-0.39, 0.29) is 17.6 Å². The van der Waals surface area contributed by atoms with E-state index in [0.717, 1.165) is 37.4 Å². The SMILES string of the molecule is O=C1CC[C@@]2(O)C3Cc4ccc(O)cc4[C@@]2(CCN3CC2CC2)C1. The second kappa shape index (κ2) is 4.83. The van der Waals surface area contributed by atoms with E-state index >= 15 is 0 Å². The average Bonchev–Trinajstić information content (AvgIpc) is 3.36. The van der Waals surface area contributed by atoms with Gasteiger partial charge in [0.15, 0.2) is 0 Å². The maximum absolute atomic E-state index is 12.3. The molecule has 0 spiro atoms. The molecule has 0 amide bonds. The van der Waals surface area contributed by atoms with Crippen LogP contribution in [0.4, 0.5) is 0 Å². The number of ketones is 1. The molecule has 3 fully saturated rings. The Balaban J connectivity index is 1.65. The number of carbonyl (C=O) groups excluding carboxylic acids is 1. The van der Waals surface area contributed by atoms with Crippen molar-refractivity contribution in [2.24, 2.45) is 5.92 Å². The summed E-state index contributed by atoms with van der Waals surface area (Å²) >= 11 is 0. The average molecular weight is 327 g/mol. The molecule has 4 heteroatoms. The van der Waals surface area contributed by atoms with Gasteiger partial charge in [-0.15, -0.1) is 0 Å². The van der Waals surface area contributed by atoms with Gasteiger partial charge in [0, 0.05) is 30.8 Å². The lowest BCUT2D eigenvalue weighted by molar-refractivity contribution is -0.173. The number of hydrogen-bond donors (Lipinski definition) is 2. The molecule has 4 nitrogen and oxygen atoms in total. The van der Waals surface area contributed by atoms with Crippen molar-refractivity contribution in [2.75, 3.05) is 13.1 Å². The van der Waals surface area contributed by atoms with Gasteiger partial charge in [0.05, 0.1) is 5.60 Å². The smallest absolute Gasteiger partial charge is 0.134 e. The van der Waals surface area contributed by atoms with E-state index < -0.39 is 11.0 Å². The van der Waals surface area contributed by atoms with E-state index in [4.69, 9.17) is 0 Å². The van der Waals surface area contributed by atoms with Crippen molar-refractivity contribution in [3.63, 3.8) is 0 Å². The second-order valence-electron chi connectivity index (χ2n) is 8.47. The minimum absolute atomic E-state index is 0.108. The van der Waals surface area contributed by atoms with Crippen LogP contribution in [0.3, 0.4) is 0 Å². The zero-order valence-corrected chi connectivity index (χ0v) is 14.0. The zero-order chi connectivity index (χ0) is 16.5. The molecule has 2 N–H and O–H groups in total. The molecule has 5 rings (SSSR count). The molecule has 1 heterocycles. The van der Waals surface area contributed by atoms with Crippen molar-refractivity contribution in [2.45, 2.75) is 62.0 Å². The number of aromatic hydroxyl groups is 1. The number of likely N-dealkylation sites (tertiary alicyclic amines) is 1. The van der Waals surface area contributed by atoms with Crippen LogP contribution in [0.2, 0.25) is 0 Å². The van der Waals surface area contributed by atoms with Gasteiger partial charge in [-0.05, 0) is 67.8 Å². The van der Waals surface area contributed by atoms with Crippen LogP contribution in [0.15, 0.2) is 18.2 Å². The highest BCUT2D eigenvalue weighted by molar-refractivity contribution is 5.82. The fourth-order valence-electron chi connectivity index (χ4n) is 5.74. The van der Waals surface area contributed by atoms with Gasteiger partial charge in [-0.2, -0.15) is 0 Å². The molecule has 2 saturated carbocycles. The Morgan fingerprint density at radius 2 is 2.08 bits per heavy atom. The Morgan fingerprint density at radius 3 is 2.88 bits per heavy atom. The van der Waals surface area contributed by atoms with Crippen molar-refractivity contribution in [3.8, 4) is 5.75 Å². The highest BCUT2D eigenvalue weighted by atomic mass is 16.3. The molecule has 4 aliphatic rings. The molecule has 2 bridgehead atoms. The first-order valence-corrected chi connectivity index (χ1v) is 9.32. The van der Waals surface area contributed by atoms with E-state index in [1.807, 2.05) is 12.1 Å². The van der Waals surface area contributed by atoms with Crippen LogP contribution in [0.25, 0.3) is 0 Å². The molecule has 0 radical (unpaired) electrons. The van der Waals surface area contributed by atoms with Crippen molar-refractivity contribution in [1.82, 2.24) is 4.90 Å². The molecule has 128 valence electrons. The molecule has 0 aromatic heterocycles. The summed E-state index contributed by atoms with van der Waals surface area (Å²) in [5, 5.41) is 21.9. The van der Waals surface area contributed by atoms with Gasteiger partial charge in [0.25, 0.3) is 0 Å². The molecular weight excluding hydrogens is 302 g/mol. The van der Waals surface area contributed by atoms with E-state index in [2.05, 4.69) is 4.90 Å². The lowest BCUT2D eigenvalue weighted by atomic mass is 9.49. The third-order valence-electron chi connectivity index (χ3n) is 7.14. The first kappa shape index (κ1) is 14.9. The van der Waals surface area contributed by atoms with Crippen molar-refractivity contribution in [3.05, 3.63) is 29.3 Å². The molecule has 1 saturated heterocycles. The zero-order valence-electron chi connectivity index (χ0n) is 14.0. The predicted octanol–water partition coefficient (Wildman–Crippen LogP) is 2.15. The number of fused-ring (bicyclic) bond motifs is 1. The Hall–Kier alpha value is -1.39. The summed E-state index contributed by atoms with van der Waals surface area (Å²) in [6.07, 6.45) is 5.75. The van der Waals surface area contributed by atoms with Crippen LogP contribution >= 0.6 is 0 Å². The quantitative estimate of drug-likeness (QED) is 0.874. The number of phenolic OH excluding ortho intramolecular Hbond substituents is 1. The van der Waals surface area contributed by atoms with Gasteiger partial charge in [-0.1, -0.05) is 6.07 Å². The summed E-state index contributed by atoms with van der Waals surface area (Å²) in [6, 6.07) is 5.66. The number of piperidine rings is 1. The number of rotatable bonds is 2. The van der Waals surface area contributed by atoms with Crippen molar-refractivity contribution in [1.29, 1.82) is 0 Å². The Morgan fingerprint density at radius 1 is 1.25 bits per heavy atom. The third-order valence-corrected chi connectivity index (χ3v) is 7.14. The topological polar surface area (TPSA) is 60.8 Å². The summed E-state index contributed by atoms with van der Waals surface area (Å²) in [7, 11) is 0. The van der Waals surface area contributed by atoms with E-state index in [9.17, 15) is 15.0 Å². The van der Waals surface area contributed by atoms with Crippen LogP contribution in [0, 0.1) is 5.92 Å². The molecule has 1 unspecified atom stereocenters. The van der Waals surface area contributed by atoms with Crippen molar-refractivity contribution < 1.29 is 15.0 Å². The number of carbonyl (C=O) groups is 1. The molecule has 24 heavy (non-hydrogen) atoms. The van der Waals surface area contributed by atoms with Gasteiger partial charge in [-0.3, -0.25) is 9.69 Å². The van der Waals surface area contributed by atoms with Crippen LogP contribution in [-0.4, -0.2) is 45.6 Å². The van der Waals surface area contributed by atoms with Gasteiger partial charge >= 0.3 is 0 Å². The molecular formula is C20H25NO3. The van der Waals surface area contributed by atoms with Crippen LogP contribution < -0.4 is 0 Å². The maximum Gasteiger partial charge on any atom is 0.134 e. The number of benzene rings is 1. The van der Waals surface area contributed by atoms with Gasteiger partial charge < -0.3 is 10.2 Å². The predicted molar refractivity (Wildman–Crippen MR) is 90.0 cm³/mol. The standard InChI is InChI=1S/C20H25NO3/c22-15-4-3-14-9-18-20(24)6-5-16(23)11-19(20,17(14)10-15)7-8-21(18)12-13-1-2-13/h3-4,10,13,18,22,24H,1-2,5-9,11-12H2/t18?,19-,20-/m1/s1. The molecule has 1 aromatic carbocycles. The Kier molecular flexibility index (Phi) is 3.00. The summed E-state index contributed by atoms with van der Waals surface area (Å²) in [5.41, 5.74) is 0.895. The lowest BCUT2D eigenvalue weighted by Crippen LogP contribution is -2.73. The van der Waals surface area contributed by atoms with E-state index in [0.29, 0.717) is 19.3 Å². The highest BCUT2D eigenvalue weighted by Gasteiger charge is 2.64. The number of Topliss-reactive ketones (excluding diaryl/α,β-unsaturated/α-hetero) is 1. The number of aliphatic hydroxyl groups is 1. The van der Waals surface area contributed by atoms with Crippen LogP contribution in [0.1, 0.15) is 49.7 Å². The fraction of sp³-hybridized carbons (Fsp3) is 0.650. The number of hydrogen-bond acceptors (Lipinski definition) is 4. The summed E-state index contributed by atoms with van der Waals surface area (Å²) in [5.74, 6) is 1.29. The van der Waals surface area contributed by atoms with E-state index in [1.165, 1.54) is 18.4 Å². The van der Waals surface area contributed by atoms with Gasteiger partial charge in [-0.25, -0.2) is 0 Å². The molecule has 1 aliphatic heterocycles. The molecule has 1 aromatic rings. The van der Waals surface area contributed by atoms with Crippen molar-refractivity contribution >= 4 is 5.78 Å². The molecule has 3 aliphatic carbocycles. The third kappa shape index (κ3) is 1.90. The molecule has 3 atom stereocenters. The number of nitrogens with zero attached hydrogens (tertiary/aromatic N) is 1. The minimum atomic E-state index is -0.838. The van der Waals surface area contributed by atoms with Gasteiger partial charge in [0.1, 0.15) is 11.5 Å². The van der Waals surface area contributed by atoms with E-state index in [1.54, 1.807) is 6.07 Å².